The Morgan fingerprint density at radius 3 is 1.20 bits per heavy atom. The third-order valence-corrected chi connectivity index (χ3v) is 8.80. The number of aliphatic hydroxyl groups excluding tert-OH is 7. The summed E-state index contributed by atoms with van der Waals surface area (Å²) < 4.78 is 0. The lowest BCUT2D eigenvalue weighted by Gasteiger charge is -2.43. The molecule has 9 N–H and O–H groups in total. The highest BCUT2D eigenvalue weighted by Crippen LogP contribution is 2.22. The van der Waals surface area contributed by atoms with Crippen LogP contribution < -0.4 is 10.6 Å². The minimum absolute atomic E-state index is 0.257. The molecule has 0 radical (unpaired) electrons. The first-order valence-corrected chi connectivity index (χ1v) is 19.9. The van der Waals surface area contributed by atoms with E-state index < -0.39 is 60.7 Å². The number of hydrogen-bond acceptors (Lipinski definition) is 9. The van der Waals surface area contributed by atoms with Gasteiger partial charge in [0.1, 0.15) is 36.6 Å². The zero-order valence-corrected chi connectivity index (χ0v) is 34.1. The van der Waals surface area contributed by atoms with Gasteiger partial charge in [-0.25, -0.2) is 0 Å². The molecule has 10 nitrogen and oxygen atoms in total. The minimum Gasteiger partial charge on any atom is -0.390 e. The van der Waals surface area contributed by atoms with Gasteiger partial charge in [0, 0.05) is 48.0 Å². The van der Waals surface area contributed by atoms with Crippen LogP contribution in [0.5, 0.6) is 0 Å². The van der Waals surface area contributed by atoms with E-state index in [9.17, 15) is 40.5 Å². The van der Waals surface area contributed by atoms with Crippen LogP contribution in [-0.2, 0) is 4.79 Å². The molecule has 0 aliphatic heterocycles. The average Bonchev–Trinajstić information content (AvgIpc) is 3.24. The highest BCUT2D eigenvalue weighted by Gasteiger charge is 2.48. The largest absolute Gasteiger partial charge is 0.390 e. The third-order valence-electron chi connectivity index (χ3n) is 8.80. The number of carbonyl (C=O) groups is 1. The van der Waals surface area contributed by atoms with Crippen LogP contribution in [0.15, 0.2) is 0 Å². The maximum Gasteiger partial charge on any atom is 0.297 e. The molecule has 0 saturated heterocycles. The van der Waals surface area contributed by atoms with E-state index in [1.165, 1.54) is 44.9 Å². The molecule has 0 aromatic rings. The lowest BCUT2D eigenvalue weighted by atomic mass is 9.83. The normalized spacial score (nSPS) is 19.0. The van der Waals surface area contributed by atoms with Crippen molar-refractivity contribution >= 4 is 5.91 Å². The van der Waals surface area contributed by atoms with Crippen molar-refractivity contribution in [3.63, 3.8) is 0 Å². The van der Waals surface area contributed by atoms with Crippen LogP contribution in [0.25, 0.3) is 0 Å². The van der Waals surface area contributed by atoms with Gasteiger partial charge < -0.3 is 46.4 Å². The predicted octanol–water partition coefficient (Wildman–Crippen LogP) is 0.121. The summed E-state index contributed by atoms with van der Waals surface area (Å²) in [6, 6.07) is -2.52. The van der Waals surface area contributed by atoms with Gasteiger partial charge in [-0.2, -0.15) is 0 Å². The Hall–Kier alpha value is -6.13. The first-order chi connectivity index (χ1) is 29.1. The van der Waals surface area contributed by atoms with Gasteiger partial charge in [-0.05, 0) is 108 Å². The van der Waals surface area contributed by atoms with Crippen LogP contribution in [0.2, 0.25) is 0 Å². The van der Waals surface area contributed by atoms with E-state index in [0.29, 0.717) is 6.42 Å². The van der Waals surface area contributed by atoms with Crippen molar-refractivity contribution in [2.24, 2.45) is 0 Å². The second-order valence-corrected chi connectivity index (χ2v) is 13.3. The van der Waals surface area contributed by atoms with E-state index in [4.69, 9.17) is 0 Å². The third kappa shape index (κ3) is 24.6. The molecule has 10 heteroatoms. The van der Waals surface area contributed by atoms with Gasteiger partial charge in [0.2, 0.25) is 0 Å². The quantitative estimate of drug-likeness (QED) is 0.0647. The van der Waals surface area contributed by atoms with Crippen molar-refractivity contribution in [2.75, 3.05) is 6.54 Å². The van der Waals surface area contributed by atoms with Crippen LogP contribution in [0.4, 0.5) is 0 Å². The Bertz CT molecular complexity index is 2150. The molecule has 1 rings (SSSR count). The second kappa shape index (κ2) is 34.9. The van der Waals surface area contributed by atoms with Gasteiger partial charge in [0.05, 0.1) is 18.2 Å². The molecule has 60 heavy (non-hydrogen) atoms. The molecular weight excluding hydrogens is 757 g/mol. The first kappa shape index (κ1) is 51.9. The number of unbranched alkanes of at least 4 members (excludes halogenated alkanes) is 11. The molecule has 310 valence electrons. The van der Waals surface area contributed by atoms with Crippen LogP contribution in [0, 0.1) is 142 Å². The van der Waals surface area contributed by atoms with Crippen LogP contribution in [0.1, 0.15) is 97.3 Å². The fraction of sp³-hybridized carbons (Fsp3) is 0.500. The predicted molar refractivity (Wildman–Crippen MR) is 230 cm³/mol. The summed E-state index contributed by atoms with van der Waals surface area (Å²) in [6.45, 7) is 3.57. The molecular formula is C50H52N2O8. The summed E-state index contributed by atoms with van der Waals surface area (Å²) in [5.41, 5.74) is 0. The van der Waals surface area contributed by atoms with Crippen molar-refractivity contribution in [1.29, 1.82) is 0 Å². The van der Waals surface area contributed by atoms with Gasteiger partial charge >= 0.3 is 0 Å². The summed E-state index contributed by atoms with van der Waals surface area (Å²) in [5.74, 6) is 58.4. The zero-order chi connectivity index (χ0) is 44.1. The molecule has 0 spiro atoms. The zero-order valence-electron chi connectivity index (χ0n) is 34.1. The van der Waals surface area contributed by atoms with Crippen molar-refractivity contribution in [1.82, 2.24) is 10.6 Å². The average molecular weight is 809 g/mol. The smallest absolute Gasteiger partial charge is 0.297 e. The maximum absolute atomic E-state index is 12.7. The van der Waals surface area contributed by atoms with Crippen LogP contribution in [-0.4, -0.2) is 103 Å². The summed E-state index contributed by atoms with van der Waals surface area (Å²) >= 11 is 0. The Morgan fingerprint density at radius 2 is 0.817 bits per heavy atom. The molecule has 2 unspecified atom stereocenters. The number of nitrogens with one attached hydrogen (secondary N) is 2. The van der Waals surface area contributed by atoms with E-state index in [-0.39, 0.29) is 13.0 Å². The number of amides is 1. The topological polar surface area (TPSA) is 183 Å². The summed E-state index contributed by atoms with van der Waals surface area (Å²) in [5, 5.41) is 78.1. The fourth-order valence-corrected chi connectivity index (χ4v) is 5.61. The van der Waals surface area contributed by atoms with Crippen LogP contribution in [0.3, 0.4) is 0 Å². The minimum atomic E-state index is -1.79. The van der Waals surface area contributed by atoms with Gasteiger partial charge in [-0.1, -0.05) is 89.9 Å². The standard InChI is InChI=1S/C50H52N2O8/c1-3-5-7-9-11-13-15-17-18-19-20-21-22-23-24-25-26-27-29-31-33-35-37-39-43(54)52-41(40-51-44-46(56)48(58)50(60)49(59)47(44)57)45(55)42(53)38-36-34-32-30-28-16-14-12-10-8-6-4-2/h41-42,44-51,53,55-60H,4,6,8,10,12,14,16,28,30,32,34,36,38,40H2,1-2H3,(H,52,54)/t41-,42+,44?,45-,46-,47+,48+,49-,50?/m0/s1. The molecule has 0 aromatic heterocycles. The molecule has 0 aromatic carbocycles. The Kier molecular flexibility index (Phi) is 30.2. The molecule has 1 aliphatic rings. The van der Waals surface area contributed by atoms with Gasteiger partial charge in [0.25, 0.3) is 5.91 Å². The first-order valence-electron chi connectivity index (χ1n) is 19.9. The fourth-order valence-electron chi connectivity index (χ4n) is 5.61. The molecule has 9 atom stereocenters. The SMILES string of the molecule is CC#CC#CC#CC#CC#CC#CC#CC#CC#CC#CC#CC#CC(=O)N[C@@H](CNC1[C@@H](O)[C@H](O)C(O)[C@H](O)[C@H]1O)[C@H](O)[C@H](O)CCCCCCCCCCCCCC. The van der Waals surface area contributed by atoms with E-state index in [1.807, 2.05) is 0 Å². The van der Waals surface area contributed by atoms with Gasteiger partial charge in [0.15, 0.2) is 0 Å². The number of rotatable bonds is 19. The molecule has 1 fully saturated rings. The van der Waals surface area contributed by atoms with E-state index in [1.54, 1.807) is 6.92 Å². The maximum atomic E-state index is 12.7. The van der Waals surface area contributed by atoms with Gasteiger partial charge in [-0.15, -0.1) is 0 Å². The molecule has 1 aliphatic carbocycles. The molecule has 1 amide bonds. The monoisotopic (exact) mass is 808 g/mol. The number of aliphatic hydroxyl groups is 7. The van der Waals surface area contributed by atoms with Crippen molar-refractivity contribution in [3.05, 3.63) is 0 Å². The molecule has 0 heterocycles. The van der Waals surface area contributed by atoms with Crippen molar-refractivity contribution in [2.45, 2.75) is 152 Å². The molecule has 0 bridgehead atoms. The lowest BCUT2D eigenvalue weighted by Crippen LogP contribution is -2.69. The van der Waals surface area contributed by atoms with E-state index in [2.05, 4.69) is 160 Å². The van der Waals surface area contributed by atoms with Crippen molar-refractivity contribution in [3.8, 4) is 142 Å². The summed E-state index contributed by atoms with van der Waals surface area (Å²) in [7, 11) is 0. The Morgan fingerprint density at radius 1 is 0.483 bits per heavy atom. The Balaban J connectivity index is 2.75. The van der Waals surface area contributed by atoms with Crippen LogP contribution >= 0.6 is 0 Å². The van der Waals surface area contributed by atoms with E-state index >= 15 is 0 Å². The lowest BCUT2D eigenvalue weighted by molar-refractivity contribution is -0.190. The second-order valence-electron chi connectivity index (χ2n) is 13.3. The van der Waals surface area contributed by atoms with Gasteiger partial charge in [-0.3, -0.25) is 4.79 Å². The highest BCUT2D eigenvalue weighted by molar-refractivity contribution is 5.94. The number of hydrogen-bond donors (Lipinski definition) is 9. The molecule has 1 saturated carbocycles. The highest BCUT2D eigenvalue weighted by atomic mass is 16.4. The summed E-state index contributed by atoms with van der Waals surface area (Å²) in [6.07, 6.45) is 2.45. The summed E-state index contributed by atoms with van der Waals surface area (Å²) in [4.78, 5) is 12.7. The Labute approximate surface area is 356 Å². The van der Waals surface area contributed by atoms with E-state index in [0.717, 1.165) is 25.7 Å². The number of carbonyl (C=O) groups excluding carboxylic acids is 1. The van der Waals surface area contributed by atoms with Crippen molar-refractivity contribution < 1.29 is 40.5 Å².